The number of hydrogen-bond acceptors (Lipinski definition) is 9. The van der Waals surface area contributed by atoms with Crippen molar-refractivity contribution in [1.29, 1.82) is 0 Å². The van der Waals surface area contributed by atoms with Gasteiger partial charge in [-0.05, 0) is 30.5 Å². The van der Waals surface area contributed by atoms with Crippen LogP contribution in [0.4, 0.5) is 0 Å². The molecule has 33 heavy (non-hydrogen) atoms. The van der Waals surface area contributed by atoms with Crippen molar-refractivity contribution in [2.24, 2.45) is 5.41 Å². The highest BCUT2D eigenvalue weighted by Crippen LogP contribution is 2.38. The Morgan fingerprint density at radius 1 is 1.12 bits per heavy atom. The Labute approximate surface area is 197 Å². The molecule has 3 rings (SSSR count). The minimum atomic E-state index is -1.54. The van der Waals surface area contributed by atoms with E-state index in [1.54, 1.807) is 12.1 Å². The van der Waals surface area contributed by atoms with E-state index in [9.17, 15) is 25.5 Å². The lowest BCUT2D eigenvalue weighted by Gasteiger charge is -2.45. The van der Waals surface area contributed by atoms with Gasteiger partial charge in [0.05, 0.1) is 25.4 Å². The lowest BCUT2D eigenvalue weighted by molar-refractivity contribution is -0.310. The first-order valence-electron chi connectivity index (χ1n) is 10.8. The first-order chi connectivity index (χ1) is 15.6. The number of aromatic nitrogens is 3. The van der Waals surface area contributed by atoms with E-state index in [0.29, 0.717) is 17.9 Å². The highest BCUT2D eigenvalue weighted by atomic mass is 35.5. The molecule has 1 fully saturated rings. The first-order valence-corrected chi connectivity index (χ1v) is 11.2. The van der Waals surface area contributed by atoms with Crippen LogP contribution in [-0.4, -0.2) is 89.8 Å². The van der Waals surface area contributed by atoms with Gasteiger partial charge in [0, 0.05) is 10.4 Å². The van der Waals surface area contributed by atoms with Crippen molar-refractivity contribution < 1.29 is 35.0 Å². The smallest absolute Gasteiger partial charge is 0.186 e. The van der Waals surface area contributed by atoms with E-state index in [1.807, 2.05) is 26.0 Å². The van der Waals surface area contributed by atoms with Crippen molar-refractivity contribution in [3.8, 4) is 0 Å². The lowest BCUT2D eigenvalue weighted by Crippen LogP contribution is -2.60. The Morgan fingerprint density at radius 3 is 2.42 bits per heavy atom. The van der Waals surface area contributed by atoms with Gasteiger partial charge in [-0.3, -0.25) is 4.68 Å². The van der Waals surface area contributed by atoms with E-state index < -0.39 is 48.3 Å². The molecule has 1 aromatic carbocycles. The van der Waals surface area contributed by atoms with Crippen molar-refractivity contribution in [1.82, 2.24) is 14.8 Å². The van der Waals surface area contributed by atoms with Crippen LogP contribution in [0.15, 0.2) is 36.9 Å². The monoisotopic (exact) mass is 485 g/mol. The molecule has 2 heterocycles. The predicted molar refractivity (Wildman–Crippen MR) is 118 cm³/mol. The summed E-state index contributed by atoms with van der Waals surface area (Å²) >= 11 is 5.97. The van der Waals surface area contributed by atoms with Crippen LogP contribution in [0.1, 0.15) is 25.8 Å². The summed E-state index contributed by atoms with van der Waals surface area (Å²) in [4.78, 5) is 3.95. The molecule has 0 amide bonds. The lowest BCUT2D eigenvalue weighted by atomic mass is 9.72. The third kappa shape index (κ3) is 6.09. The third-order valence-electron chi connectivity index (χ3n) is 6.35. The van der Waals surface area contributed by atoms with E-state index in [1.165, 1.54) is 17.3 Å². The summed E-state index contributed by atoms with van der Waals surface area (Å²) < 4.78 is 12.7. The van der Waals surface area contributed by atoms with Gasteiger partial charge in [-0.2, -0.15) is 5.10 Å². The SMILES string of the molecule is CC(C)(CO[C@@H]1O[C@H](CO)[C@@H](O)[C@H](O)[C@H]1O)C(O)(CCc1ccc(Cl)cc1)Cn1cncn1. The summed E-state index contributed by atoms with van der Waals surface area (Å²) in [7, 11) is 0. The van der Waals surface area contributed by atoms with Gasteiger partial charge >= 0.3 is 0 Å². The molecule has 1 aromatic heterocycles. The van der Waals surface area contributed by atoms with Crippen LogP contribution in [0, 0.1) is 5.41 Å². The van der Waals surface area contributed by atoms with E-state index in [0.717, 1.165) is 5.56 Å². The molecule has 0 aliphatic carbocycles. The molecule has 0 radical (unpaired) electrons. The average Bonchev–Trinajstić information content (AvgIpc) is 3.29. The van der Waals surface area contributed by atoms with Gasteiger partial charge in [-0.15, -0.1) is 0 Å². The third-order valence-corrected chi connectivity index (χ3v) is 6.60. The maximum absolute atomic E-state index is 11.8. The van der Waals surface area contributed by atoms with Crippen molar-refractivity contribution in [3.05, 3.63) is 47.5 Å². The number of benzene rings is 1. The number of aliphatic hydroxyl groups excluding tert-OH is 4. The number of ether oxygens (including phenoxy) is 2. The zero-order valence-corrected chi connectivity index (χ0v) is 19.4. The summed E-state index contributed by atoms with van der Waals surface area (Å²) in [6.45, 7) is 3.17. The highest BCUT2D eigenvalue weighted by molar-refractivity contribution is 6.30. The zero-order valence-electron chi connectivity index (χ0n) is 18.7. The minimum absolute atomic E-state index is 0.0541. The highest BCUT2D eigenvalue weighted by Gasteiger charge is 2.48. The van der Waals surface area contributed by atoms with Crippen LogP contribution in [-0.2, 0) is 22.4 Å². The van der Waals surface area contributed by atoms with Crippen molar-refractivity contribution in [3.63, 3.8) is 0 Å². The predicted octanol–water partition coefficient (Wildman–Crippen LogP) is 0.138. The second-order valence-electron chi connectivity index (χ2n) is 9.14. The van der Waals surface area contributed by atoms with E-state index in [-0.39, 0.29) is 13.2 Å². The Kier molecular flexibility index (Phi) is 8.46. The molecule has 184 valence electrons. The molecular formula is C22H32ClN3O7. The minimum Gasteiger partial charge on any atom is -0.394 e. The fourth-order valence-electron chi connectivity index (χ4n) is 3.85. The summed E-state index contributed by atoms with van der Waals surface area (Å²) in [6.07, 6.45) is -3.06. The summed E-state index contributed by atoms with van der Waals surface area (Å²) in [5.41, 5.74) is -1.18. The second-order valence-corrected chi connectivity index (χ2v) is 9.58. The Hall–Kier alpha value is -1.63. The van der Waals surface area contributed by atoms with Gasteiger partial charge in [-0.1, -0.05) is 37.6 Å². The standard InChI is InChI=1S/C22H32ClN3O7/c1-21(2,11-32-20-19(30)18(29)17(28)16(9-27)33-20)22(31,10-26-13-24-12-25-26)8-7-14-3-5-15(23)6-4-14/h3-6,12-13,16-20,27-31H,7-11H2,1-2H3/t16-,17-,18+,19-,20-,22?/m1/s1. The summed E-state index contributed by atoms with van der Waals surface area (Å²) in [6, 6.07) is 7.38. The topological polar surface area (TPSA) is 150 Å². The quantitative estimate of drug-likeness (QED) is 0.316. The maximum atomic E-state index is 11.8. The number of hydrogen-bond donors (Lipinski definition) is 5. The molecule has 5 N–H and O–H groups in total. The van der Waals surface area contributed by atoms with Crippen LogP contribution in [0.2, 0.25) is 5.02 Å². The van der Waals surface area contributed by atoms with Gasteiger partial charge in [0.25, 0.3) is 0 Å². The van der Waals surface area contributed by atoms with Gasteiger partial charge < -0.3 is 35.0 Å². The van der Waals surface area contributed by atoms with Gasteiger partial charge in [0.2, 0.25) is 0 Å². The second kappa shape index (κ2) is 10.7. The van der Waals surface area contributed by atoms with Crippen LogP contribution in [0.5, 0.6) is 0 Å². The molecule has 11 heteroatoms. The molecule has 6 atom stereocenters. The van der Waals surface area contributed by atoms with Crippen molar-refractivity contribution in [2.75, 3.05) is 13.2 Å². The molecule has 0 spiro atoms. The Balaban J connectivity index is 1.74. The van der Waals surface area contributed by atoms with Crippen LogP contribution in [0.3, 0.4) is 0 Å². The molecule has 0 saturated carbocycles. The molecule has 1 saturated heterocycles. The first kappa shape index (κ1) is 26.0. The fourth-order valence-corrected chi connectivity index (χ4v) is 3.97. The summed E-state index contributed by atoms with van der Waals surface area (Å²) in [5.74, 6) is 0. The van der Waals surface area contributed by atoms with Crippen molar-refractivity contribution >= 4 is 11.6 Å². The Morgan fingerprint density at radius 2 is 1.82 bits per heavy atom. The largest absolute Gasteiger partial charge is 0.394 e. The van der Waals surface area contributed by atoms with E-state index >= 15 is 0 Å². The molecule has 0 bridgehead atoms. The fraction of sp³-hybridized carbons (Fsp3) is 0.636. The van der Waals surface area contributed by atoms with E-state index in [2.05, 4.69) is 10.1 Å². The van der Waals surface area contributed by atoms with Gasteiger partial charge in [0.15, 0.2) is 6.29 Å². The molecule has 1 aliphatic rings. The molecule has 2 aromatic rings. The van der Waals surface area contributed by atoms with Gasteiger partial charge in [-0.25, -0.2) is 4.98 Å². The van der Waals surface area contributed by atoms with Crippen LogP contribution < -0.4 is 0 Å². The number of nitrogens with zero attached hydrogens (tertiary/aromatic N) is 3. The molecular weight excluding hydrogens is 454 g/mol. The molecule has 10 nitrogen and oxygen atoms in total. The van der Waals surface area contributed by atoms with Crippen molar-refractivity contribution in [2.45, 2.75) is 69.5 Å². The number of aryl methyl sites for hydroxylation is 1. The molecule has 1 aliphatic heterocycles. The van der Waals surface area contributed by atoms with Gasteiger partial charge in [0.1, 0.15) is 37.1 Å². The maximum Gasteiger partial charge on any atom is 0.186 e. The zero-order chi connectivity index (χ0) is 24.2. The normalized spacial score (nSPS) is 27.9. The van der Waals surface area contributed by atoms with Crippen LogP contribution >= 0.6 is 11.6 Å². The molecule has 1 unspecified atom stereocenters. The Bertz CT molecular complexity index is 865. The number of aliphatic hydroxyl groups is 5. The number of rotatable bonds is 10. The van der Waals surface area contributed by atoms with E-state index in [4.69, 9.17) is 21.1 Å². The average molecular weight is 486 g/mol. The number of halogens is 1. The summed E-state index contributed by atoms with van der Waals surface area (Å²) in [5, 5.41) is 56.1. The van der Waals surface area contributed by atoms with Crippen LogP contribution in [0.25, 0.3) is 0 Å².